The second-order valence-electron chi connectivity index (χ2n) is 8.42. The lowest BCUT2D eigenvalue weighted by Crippen LogP contribution is -2.59. The van der Waals surface area contributed by atoms with Crippen molar-refractivity contribution >= 4 is 0 Å². The van der Waals surface area contributed by atoms with E-state index >= 15 is 0 Å². The lowest BCUT2D eigenvalue weighted by molar-refractivity contribution is -0.00880. The molecule has 0 aromatic carbocycles. The van der Waals surface area contributed by atoms with Gasteiger partial charge in [0.25, 0.3) is 0 Å². The van der Waals surface area contributed by atoms with Crippen molar-refractivity contribution in [2.24, 2.45) is 10.8 Å². The third-order valence-electron chi connectivity index (χ3n) is 4.76. The first-order chi connectivity index (χ1) is 8.26. The van der Waals surface area contributed by atoms with Crippen molar-refractivity contribution < 1.29 is 5.11 Å². The molecule has 2 heteroatoms. The highest BCUT2D eigenvalue weighted by molar-refractivity contribution is 5.03. The summed E-state index contributed by atoms with van der Waals surface area (Å²) in [6.07, 6.45) is 8.77. The summed E-state index contributed by atoms with van der Waals surface area (Å²) in [5.41, 5.74) is 0.617. The molecule has 0 unspecified atom stereocenters. The second-order valence-corrected chi connectivity index (χ2v) is 8.42. The SMILES string of the molecule is CC1(C)CC(C)(C)CC(CO)(NC2CCCC2)C1. The monoisotopic (exact) mass is 253 g/mol. The van der Waals surface area contributed by atoms with Crippen LogP contribution < -0.4 is 5.32 Å². The van der Waals surface area contributed by atoms with Crippen LogP contribution >= 0.6 is 0 Å². The number of hydrogen-bond donors (Lipinski definition) is 2. The summed E-state index contributed by atoms with van der Waals surface area (Å²) in [6.45, 7) is 9.71. The number of nitrogens with one attached hydrogen (secondary N) is 1. The number of aliphatic hydroxyl groups excluding tert-OH is 1. The molecule has 0 heterocycles. The van der Waals surface area contributed by atoms with Gasteiger partial charge in [0.15, 0.2) is 0 Å². The van der Waals surface area contributed by atoms with E-state index < -0.39 is 0 Å². The van der Waals surface area contributed by atoms with Crippen LogP contribution in [0.1, 0.15) is 72.6 Å². The summed E-state index contributed by atoms with van der Waals surface area (Å²) in [5, 5.41) is 13.8. The first-order valence-corrected chi connectivity index (χ1v) is 7.65. The van der Waals surface area contributed by atoms with Gasteiger partial charge in [-0.05, 0) is 42.9 Å². The van der Waals surface area contributed by atoms with Gasteiger partial charge in [0.1, 0.15) is 0 Å². The molecule has 2 fully saturated rings. The summed E-state index contributed by atoms with van der Waals surface area (Å²) in [4.78, 5) is 0. The van der Waals surface area contributed by atoms with E-state index in [-0.39, 0.29) is 12.1 Å². The summed E-state index contributed by atoms with van der Waals surface area (Å²) < 4.78 is 0. The van der Waals surface area contributed by atoms with Gasteiger partial charge in [-0.3, -0.25) is 0 Å². The van der Waals surface area contributed by atoms with Crippen molar-refractivity contribution in [1.29, 1.82) is 0 Å². The Morgan fingerprint density at radius 3 is 1.89 bits per heavy atom. The molecule has 106 valence electrons. The maximum Gasteiger partial charge on any atom is 0.0613 e. The molecular weight excluding hydrogens is 222 g/mol. The van der Waals surface area contributed by atoms with Crippen LogP contribution in [0, 0.1) is 10.8 Å². The largest absolute Gasteiger partial charge is 0.394 e. The fraction of sp³-hybridized carbons (Fsp3) is 1.00. The molecule has 0 radical (unpaired) electrons. The fourth-order valence-electron chi connectivity index (χ4n) is 5.08. The van der Waals surface area contributed by atoms with Gasteiger partial charge >= 0.3 is 0 Å². The highest BCUT2D eigenvalue weighted by atomic mass is 16.3. The van der Waals surface area contributed by atoms with Crippen molar-refractivity contribution in [3.63, 3.8) is 0 Å². The van der Waals surface area contributed by atoms with E-state index in [1.807, 2.05) is 0 Å². The number of hydrogen-bond acceptors (Lipinski definition) is 2. The maximum atomic E-state index is 10.0. The van der Waals surface area contributed by atoms with Crippen LogP contribution in [0.3, 0.4) is 0 Å². The van der Waals surface area contributed by atoms with Crippen molar-refractivity contribution in [3.8, 4) is 0 Å². The van der Waals surface area contributed by atoms with E-state index in [2.05, 4.69) is 33.0 Å². The van der Waals surface area contributed by atoms with E-state index in [1.165, 1.54) is 32.1 Å². The van der Waals surface area contributed by atoms with Crippen LogP contribution in [-0.4, -0.2) is 23.3 Å². The number of aliphatic hydroxyl groups is 1. The van der Waals surface area contributed by atoms with Gasteiger partial charge < -0.3 is 10.4 Å². The first-order valence-electron chi connectivity index (χ1n) is 7.65. The Kier molecular flexibility index (Phi) is 3.81. The summed E-state index contributed by atoms with van der Waals surface area (Å²) in [6, 6.07) is 0.641. The maximum absolute atomic E-state index is 10.0. The van der Waals surface area contributed by atoms with Crippen LogP contribution in [0.4, 0.5) is 0 Å². The van der Waals surface area contributed by atoms with Crippen molar-refractivity contribution in [1.82, 2.24) is 5.32 Å². The molecule has 2 saturated carbocycles. The van der Waals surface area contributed by atoms with Crippen molar-refractivity contribution in [2.45, 2.75) is 84.2 Å². The van der Waals surface area contributed by atoms with Crippen LogP contribution in [0.2, 0.25) is 0 Å². The molecule has 0 atom stereocenters. The molecule has 2 nitrogen and oxygen atoms in total. The van der Waals surface area contributed by atoms with E-state index in [4.69, 9.17) is 0 Å². The Hall–Kier alpha value is -0.0800. The predicted octanol–water partition coefficient (Wildman–Crippen LogP) is 3.49. The smallest absolute Gasteiger partial charge is 0.0613 e. The van der Waals surface area contributed by atoms with Gasteiger partial charge in [-0.2, -0.15) is 0 Å². The van der Waals surface area contributed by atoms with E-state index in [0.29, 0.717) is 16.9 Å². The molecule has 18 heavy (non-hydrogen) atoms. The molecule has 0 aromatic rings. The molecule has 0 bridgehead atoms. The molecule has 0 aromatic heterocycles. The first kappa shape index (κ1) is 14.3. The van der Waals surface area contributed by atoms with Gasteiger partial charge in [0.2, 0.25) is 0 Å². The van der Waals surface area contributed by atoms with Gasteiger partial charge in [-0.25, -0.2) is 0 Å². The zero-order valence-electron chi connectivity index (χ0n) is 12.7. The van der Waals surface area contributed by atoms with Gasteiger partial charge in [-0.15, -0.1) is 0 Å². The Morgan fingerprint density at radius 2 is 1.44 bits per heavy atom. The minimum Gasteiger partial charge on any atom is -0.394 e. The third-order valence-corrected chi connectivity index (χ3v) is 4.76. The normalized spacial score (nSPS) is 30.5. The average Bonchev–Trinajstić information content (AvgIpc) is 2.65. The molecule has 2 N–H and O–H groups in total. The zero-order chi connectivity index (χ0) is 13.4. The van der Waals surface area contributed by atoms with E-state index in [9.17, 15) is 5.11 Å². The summed E-state index contributed by atoms with van der Waals surface area (Å²) in [7, 11) is 0. The zero-order valence-corrected chi connectivity index (χ0v) is 12.7. The van der Waals surface area contributed by atoms with E-state index in [1.54, 1.807) is 0 Å². The standard InChI is InChI=1S/C16H31NO/c1-14(2)9-15(3,4)11-16(10-14,12-18)17-13-7-5-6-8-13/h13,17-18H,5-12H2,1-4H3. The third kappa shape index (κ3) is 3.27. The molecule has 0 spiro atoms. The van der Waals surface area contributed by atoms with Gasteiger partial charge in [0, 0.05) is 11.6 Å². The molecule has 0 saturated heterocycles. The lowest BCUT2D eigenvalue weighted by Gasteiger charge is -2.52. The summed E-state index contributed by atoms with van der Waals surface area (Å²) in [5.74, 6) is 0. The molecule has 2 aliphatic carbocycles. The minimum absolute atomic E-state index is 0.0414. The summed E-state index contributed by atoms with van der Waals surface area (Å²) >= 11 is 0. The Bertz CT molecular complexity index is 273. The molecule has 0 amide bonds. The minimum atomic E-state index is -0.0414. The van der Waals surface area contributed by atoms with Crippen molar-refractivity contribution in [3.05, 3.63) is 0 Å². The highest BCUT2D eigenvalue weighted by Crippen LogP contribution is 2.50. The lowest BCUT2D eigenvalue weighted by atomic mass is 9.58. The Balaban J connectivity index is 2.13. The Labute approximate surface area is 113 Å². The topological polar surface area (TPSA) is 32.3 Å². The second kappa shape index (κ2) is 4.79. The predicted molar refractivity (Wildman–Crippen MR) is 76.6 cm³/mol. The van der Waals surface area contributed by atoms with Crippen LogP contribution in [-0.2, 0) is 0 Å². The fourth-order valence-corrected chi connectivity index (χ4v) is 5.08. The quantitative estimate of drug-likeness (QED) is 0.807. The molecule has 0 aliphatic heterocycles. The highest BCUT2D eigenvalue weighted by Gasteiger charge is 2.47. The molecule has 2 aliphatic rings. The number of rotatable bonds is 3. The molecule has 2 rings (SSSR count). The van der Waals surface area contributed by atoms with Crippen LogP contribution in [0.15, 0.2) is 0 Å². The Morgan fingerprint density at radius 1 is 0.944 bits per heavy atom. The van der Waals surface area contributed by atoms with E-state index in [0.717, 1.165) is 12.8 Å². The average molecular weight is 253 g/mol. The van der Waals surface area contributed by atoms with Crippen molar-refractivity contribution in [2.75, 3.05) is 6.61 Å². The van der Waals surface area contributed by atoms with Gasteiger partial charge in [-0.1, -0.05) is 40.5 Å². The van der Waals surface area contributed by atoms with Crippen LogP contribution in [0.5, 0.6) is 0 Å². The molecular formula is C16H31NO. The van der Waals surface area contributed by atoms with Gasteiger partial charge in [0.05, 0.1) is 6.61 Å². The van der Waals surface area contributed by atoms with Crippen LogP contribution in [0.25, 0.3) is 0 Å².